The molecule has 0 fully saturated rings. The number of benzene rings is 1. The van der Waals surface area contributed by atoms with Gasteiger partial charge in [-0.05, 0) is 32.3 Å². The molecule has 0 radical (unpaired) electrons. The van der Waals surface area contributed by atoms with Crippen LogP contribution in [0.3, 0.4) is 0 Å². The van der Waals surface area contributed by atoms with Crippen LogP contribution in [0.2, 0.25) is 0 Å². The number of nitrogens with one attached hydrogen (secondary N) is 2. The van der Waals surface area contributed by atoms with Gasteiger partial charge < -0.3 is 25.7 Å². The second-order valence-electron chi connectivity index (χ2n) is 4.59. The Kier molecular flexibility index (Phi) is 5.67. The zero-order valence-electron chi connectivity index (χ0n) is 11.7. The lowest BCUT2D eigenvalue weighted by molar-refractivity contribution is 0.0696. The summed E-state index contributed by atoms with van der Waals surface area (Å²) in [5, 5.41) is 22.8. The number of aromatic carboxylic acids is 2. The molecule has 1 rings (SSSR count). The molecule has 0 heterocycles. The third-order valence-electron chi connectivity index (χ3n) is 2.53. The lowest BCUT2D eigenvalue weighted by atomic mass is 10.1. The summed E-state index contributed by atoms with van der Waals surface area (Å²) in [6.45, 7) is 1.05. The minimum Gasteiger partial charge on any atom is -0.478 e. The quantitative estimate of drug-likeness (QED) is 0.615. The fourth-order valence-electron chi connectivity index (χ4n) is 1.52. The van der Waals surface area contributed by atoms with E-state index >= 15 is 0 Å². The molecule has 8 nitrogen and oxygen atoms in total. The van der Waals surface area contributed by atoms with Crippen molar-refractivity contribution in [3.8, 4) is 0 Å². The lowest BCUT2D eigenvalue weighted by Gasteiger charge is -2.12. The molecule has 2 amide bonds. The smallest absolute Gasteiger partial charge is 0.335 e. The highest BCUT2D eigenvalue weighted by atomic mass is 16.4. The number of carbonyl (C=O) groups is 3. The number of amides is 2. The minimum atomic E-state index is -1.27. The first-order valence-corrected chi connectivity index (χ1v) is 6.11. The van der Waals surface area contributed by atoms with Crippen molar-refractivity contribution >= 4 is 23.7 Å². The minimum absolute atomic E-state index is 0.106. The highest BCUT2D eigenvalue weighted by molar-refractivity contribution is 5.98. The van der Waals surface area contributed by atoms with E-state index in [2.05, 4.69) is 10.6 Å². The van der Waals surface area contributed by atoms with Gasteiger partial charge in [0.1, 0.15) is 0 Å². The van der Waals surface area contributed by atoms with E-state index in [-0.39, 0.29) is 16.8 Å². The highest BCUT2D eigenvalue weighted by Gasteiger charge is 2.12. The van der Waals surface area contributed by atoms with Gasteiger partial charge in [-0.15, -0.1) is 0 Å². The topological polar surface area (TPSA) is 119 Å². The van der Waals surface area contributed by atoms with Crippen molar-refractivity contribution in [1.82, 2.24) is 10.2 Å². The maximum Gasteiger partial charge on any atom is 0.335 e. The van der Waals surface area contributed by atoms with Gasteiger partial charge in [0.25, 0.3) is 0 Å². The molecule has 0 aliphatic heterocycles. The van der Waals surface area contributed by atoms with Gasteiger partial charge in [0, 0.05) is 18.8 Å². The predicted octanol–water partition coefficient (Wildman–Crippen LogP) is 0.766. The number of carboxylic acid groups (broad SMARTS) is 2. The van der Waals surface area contributed by atoms with Crippen molar-refractivity contribution in [3.05, 3.63) is 29.3 Å². The van der Waals surface area contributed by atoms with Crippen LogP contribution in [-0.2, 0) is 0 Å². The van der Waals surface area contributed by atoms with E-state index in [1.165, 1.54) is 12.1 Å². The number of anilines is 1. The maximum absolute atomic E-state index is 11.6. The normalized spacial score (nSPS) is 10.2. The Bertz CT molecular complexity index is 524. The van der Waals surface area contributed by atoms with Crippen LogP contribution in [0.5, 0.6) is 0 Å². The summed E-state index contributed by atoms with van der Waals surface area (Å²) in [5.41, 5.74) is -0.313. The molecule has 21 heavy (non-hydrogen) atoms. The molecule has 0 atom stereocenters. The van der Waals surface area contributed by atoms with Gasteiger partial charge in [0.15, 0.2) is 0 Å². The molecule has 0 saturated carbocycles. The third-order valence-corrected chi connectivity index (χ3v) is 2.53. The summed E-state index contributed by atoms with van der Waals surface area (Å²) in [6, 6.07) is 2.89. The summed E-state index contributed by atoms with van der Waals surface area (Å²) in [4.78, 5) is 35.4. The Balaban J connectivity index is 2.80. The van der Waals surface area contributed by atoms with Gasteiger partial charge in [-0.1, -0.05) is 0 Å². The van der Waals surface area contributed by atoms with Gasteiger partial charge in [-0.25, -0.2) is 14.4 Å². The number of hydrogen-bond donors (Lipinski definition) is 4. The Morgan fingerprint density at radius 3 is 2.00 bits per heavy atom. The van der Waals surface area contributed by atoms with Gasteiger partial charge in [0.2, 0.25) is 0 Å². The van der Waals surface area contributed by atoms with Crippen molar-refractivity contribution in [2.24, 2.45) is 0 Å². The molecule has 4 N–H and O–H groups in total. The zero-order chi connectivity index (χ0) is 16.0. The fraction of sp³-hybridized carbons (Fsp3) is 0.308. The Morgan fingerprint density at radius 1 is 1.05 bits per heavy atom. The SMILES string of the molecule is CN(C)CCNC(=O)Nc1cc(C(=O)O)cc(C(=O)O)c1. The van der Waals surface area contributed by atoms with E-state index in [1.54, 1.807) is 0 Å². The van der Waals surface area contributed by atoms with E-state index < -0.39 is 18.0 Å². The zero-order valence-corrected chi connectivity index (χ0v) is 11.7. The Hall–Kier alpha value is -2.61. The van der Waals surface area contributed by atoms with E-state index in [4.69, 9.17) is 10.2 Å². The van der Waals surface area contributed by atoms with Gasteiger partial charge in [0.05, 0.1) is 11.1 Å². The van der Waals surface area contributed by atoms with Crippen molar-refractivity contribution < 1.29 is 24.6 Å². The first kappa shape index (κ1) is 16.4. The number of hydrogen-bond acceptors (Lipinski definition) is 4. The molecule has 114 valence electrons. The van der Waals surface area contributed by atoms with Gasteiger partial charge in [-0.3, -0.25) is 0 Å². The molecule has 0 aromatic heterocycles. The average Bonchev–Trinajstić information content (AvgIpc) is 2.37. The standard InChI is InChI=1S/C13H17N3O5/c1-16(2)4-3-14-13(21)15-10-6-8(11(17)18)5-9(7-10)12(19)20/h5-7H,3-4H2,1-2H3,(H,17,18)(H,19,20)(H2,14,15,21). The second kappa shape index (κ2) is 7.25. The third kappa shape index (κ3) is 5.49. The lowest BCUT2D eigenvalue weighted by Crippen LogP contribution is -2.34. The second-order valence-corrected chi connectivity index (χ2v) is 4.59. The highest BCUT2D eigenvalue weighted by Crippen LogP contribution is 2.15. The number of urea groups is 1. The summed E-state index contributed by atoms with van der Waals surface area (Å²) in [7, 11) is 3.71. The first-order valence-electron chi connectivity index (χ1n) is 6.11. The van der Waals surface area contributed by atoms with Crippen LogP contribution in [0.4, 0.5) is 10.5 Å². The van der Waals surface area contributed by atoms with Crippen molar-refractivity contribution in [1.29, 1.82) is 0 Å². The number of nitrogens with zero attached hydrogens (tertiary/aromatic N) is 1. The van der Waals surface area contributed by atoms with E-state index in [1.807, 2.05) is 19.0 Å². The van der Waals surface area contributed by atoms with Crippen LogP contribution in [0, 0.1) is 0 Å². The summed E-state index contributed by atoms with van der Waals surface area (Å²) in [5.74, 6) is -2.54. The van der Waals surface area contributed by atoms with E-state index in [0.717, 1.165) is 6.07 Å². The van der Waals surface area contributed by atoms with Crippen LogP contribution in [0.1, 0.15) is 20.7 Å². The number of likely N-dealkylation sites (N-methyl/N-ethyl adjacent to an activating group) is 1. The van der Waals surface area contributed by atoms with Crippen LogP contribution in [0.15, 0.2) is 18.2 Å². The molecule has 0 unspecified atom stereocenters. The van der Waals surface area contributed by atoms with Crippen LogP contribution in [-0.4, -0.2) is 60.3 Å². The maximum atomic E-state index is 11.6. The van der Waals surface area contributed by atoms with Gasteiger partial charge in [-0.2, -0.15) is 0 Å². The van der Waals surface area contributed by atoms with E-state index in [0.29, 0.717) is 13.1 Å². The summed E-state index contributed by atoms with van der Waals surface area (Å²) in [6.07, 6.45) is 0. The molecule has 0 saturated heterocycles. The van der Waals surface area contributed by atoms with Crippen LogP contribution >= 0.6 is 0 Å². The molecule has 0 aliphatic carbocycles. The van der Waals surface area contributed by atoms with Crippen molar-refractivity contribution in [2.45, 2.75) is 0 Å². The Labute approximate surface area is 121 Å². The summed E-state index contributed by atoms with van der Waals surface area (Å²) >= 11 is 0. The number of rotatable bonds is 6. The largest absolute Gasteiger partial charge is 0.478 e. The van der Waals surface area contributed by atoms with E-state index in [9.17, 15) is 14.4 Å². The fourth-order valence-corrected chi connectivity index (χ4v) is 1.52. The Morgan fingerprint density at radius 2 is 1.57 bits per heavy atom. The molecular formula is C13H17N3O5. The molecule has 0 spiro atoms. The number of carbonyl (C=O) groups excluding carboxylic acids is 1. The molecular weight excluding hydrogens is 278 g/mol. The van der Waals surface area contributed by atoms with Crippen molar-refractivity contribution in [3.63, 3.8) is 0 Å². The molecule has 1 aromatic carbocycles. The van der Waals surface area contributed by atoms with Crippen molar-refractivity contribution in [2.75, 3.05) is 32.5 Å². The van der Waals surface area contributed by atoms with Crippen LogP contribution in [0.25, 0.3) is 0 Å². The van der Waals surface area contributed by atoms with Gasteiger partial charge >= 0.3 is 18.0 Å². The summed E-state index contributed by atoms with van der Waals surface area (Å²) < 4.78 is 0. The van der Waals surface area contributed by atoms with Crippen LogP contribution < -0.4 is 10.6 Å². The molecule has 1 aromatic rings. The monoisotopic (exact) mass is 295 g/mol. The molecule has 0 bridgehead atoms. The molecule has 8 heteroatoms. The first-order chi connectivity index (χ1) is 9.79. The molecule has 0 aliphatic rings. The predicted molar refractivity (Wildman–Crippen MR) is 75.9 cm³/mol. The average molecular weight is 295 g/mol. The number of carboxylic acids is 2.